The number of aliphatic hydroxyl groups is 2. The van der Waals surface area contributed by atoms with Gasteiger partial charge in [0, 0.05) is 0 Å². The van der Waals surface area contributed by atoms with Crippen LogP contribution in [-0.2, 0) is 0 Å². The van der Waals surface area contributed by atoms with Crippen LogP contribution in [0.5, 0.6) is 0 Å². The van der Waals surface area contributed by atoms with Crippen molar-refractivity contribution in [1.82, 2.24) is 0 Å². The third-order valence-electron chi connectivity index (χ3n) is 2.72. The van der Waals surface area contributed by atoms with Gasteiger partial charge in [0.1, 0.15) is 0 Å². The molecule has 0 aromatic carbocycles. The molecule has 0 heterocycles. The fourth-order valence-electron chi connectivity index (χ4n) is 1.84. The molecule has 0 spiro atoms. The number of hydrogen-bond donors (Lipinski definition) is 2. The second kappa shape index (κ2) is 1.83. The second-order valence-electron chi connectivity index (χ2n) is 3.43. The van der Waals surface area contributed by atoms with Crippen LogP contribution in [0.1, 0.15) is 12.8 Å². The predicted octanol–water partition coefficient (Wildman–Crippen LogP) is 0.304. The monoisotopic (exact) mass is 140 g/mol. The third kappa shape index (κ3) is 0.724. The van der Waals surface area contributed by atoms with Crippen LogP contribution in [0.2, 0.25) is 0 Å². The van der Waals surface area contributed by atoms with Gasteiger partial charge in [-0.3, -0.25) is 0 Å². The van der Waals surface area contributed by atoms with Crippen molar-refractivity contribution < 1.29 is 10.2 Å². The van der Waals surface area contributed by atoms with E-state index in [0.29, 0.717) is 17.4 Å². The Balaban J connectivity index is 2.14. The Kier molecular flexibility index (Phi) is 1.17. The highest BCUT2D eigenvalue weighted by Crippen LogP contribution is 2.50. The van der Waals surface area contributed by atoms with E-state index in [1.807, 2.05) is 0 Å². The number of aliphatic hydroxyl groups excluding tert-OH is 2. The van der Waals surface area contributed by atoms with Crippen molar-refractivity contribution in [1.29, 1.82) is 0 Å². The lowest BCUT2D eigenvalue weighted by Crippen LogP contribution is -2.28. The van der Waals surface area contributed by atoms with Crippen molar-refractivity contribution >= 4 is 0 Å². The van der Waals surface area contributed by atoms with E-state index in [2.05, 4.69) is 6.58 Å². The maximum atomic E-state index is 9.40. The summed E-state index contributed by atoms with van der Waals surface area (Å²) in [5.74, 6) is 1.01. The summed E-state index contributed by atoms with van der Waals surface area (Å²) in [6.07, 6.45) is 1.03. The van der Waals surface area contributed by atoms with Gasteiger partial charge in [-0.2, -0.15) is 0 Å². The van der Waals surface area contributed by atoms with Crippen LogP contribution in [0.3, 0.4) is 0 Å². The summed E-state index contributed by atoms with van der Waals surface area (Å²) in [7, 11) is 0. The van der Waals surface area contributed by atoms with Crippen molar-refractivity contribution in [3.63, 3.8) is 0 Å². The Morgan fingerprint density at radius 1 is 1.30 bits per heavy atom. The summed E-state index contributed by atoms with van der Waals surface area (Å²) in [6, 6.07) is 0. The maximum absolute atomic E-state index is 9.40. The molecule has 2 fully saturated rings. The van der Waals surface area contributed by atoms with Gasteiger partial charge in [-0.25, -0.2) is 0 Å². The van der Waals surface area contributed by atoms with Gasteiger partial charge < -0.3 is 10.2 Å². The molecule has 2 heteroatoms. The summed E-state index contributed by atoms with van der Waals surface area (Å²) in [5.41, 5.74) is 0.624. The van der Waals surface area contributed by atoms with Crippen molar-refractivity contribution in [3.05, 3.63) is 12.2 Å². The molecule has 2 aliphatic carbocycles. The summed E-state index contributed by atoms with van der Waals surface area (Å²) < 4.78 is 0. The van der Waals surface area contributed by atoms with Crippen LogP contribution in [-0.4, -0.2) is 22.4 Å². The molecule has 0 amide bonds. The highest BCUT2D eigenvalue weighted by molar-refractivity contribution is 5.19. The van der Waals surface area contributed by atoms with Gasteiger partial charge >= 0.3 is 0 Å². The molecule has 1 unspecified atom stereocenters. The standard InChI is InChI=1S/C8H12O2/c1-4-7(9)3-5-2-6(5)8(4)10/h5-10H,1-3H2/t5?,6-,7+,8-/m0/s1. The molecule has 0 saturated heterocycles. The Bertz CT molecular complexity index is 176. The number of fused-ring (bicyclic) bond motifs is 1. The fourth-order valence-corrected chi connectivity index (χ4v) is 1.84. The van der Waals surface area contributed by atoms with Crippen LogP contribution in [0, 0.1) is 11.8 Å². The Morgan fingerprint density at radius 2 is 2.00 bits per heavy atom. The zero-order valence-electron chi connectivity index (χ0n) is 5.83. The first kappa shape index (κ1) is 6.38. The molecule has 2 rings (SSSR count). The summed E-state index contributed by atoms with van der Waals surface area (Å²) in [4.78, 5) is 0. The Morgan fingerprint density at radius 3 is 2.70 bits per heavy atom. The van der Waals surface area contributed by atoms with E-state index in [1.54, 1.807) is 0 Å². The first-order valence-electron chi connectivity index (χ1n) is 3.75. The predicted molar refractivity (Wildman–Crippen MR) is 37.4 cm³/mol. The van der Waals surface area contributed by atoms with E-state index < -0.39 is 12.2 Å². The second-order valence-corrected chi connectivity index (χ2v) is 3.43. The van der Waals surface area contributed by atoms with Crippen LogP contribution >= 0.6 is 0 Å². The molecule has 0 aromatic heterocycles. The first-order valence-corrected chi connectivity index (χ1v) is 3.75. The van der Waals surface area contributed by atoms with Gasteiger partial charge in [0.15, 0.2) is 0 Å². The van der Waals surface area contributed by atoms with E-state index in [9.17, 15) is 10.2 Å². The van der Waals surface area contributed by atoms with Gasteiger partial charge in [-0.15, -0.1) is 0 Å². The van der Waals surface area contributed by atoms with E-state index in [-0.39, 0.29) is 0 Å². The summed E-state index contributed by atoms with van der Waals surface area (Å²) in [6.45, 7) is 3.65. The molecule has 2 N–H and O–H groups in total. The van der Waals surface area contributed by atoms with Crippen molar-refractivity contribution in [2.75, 3.05) is 0 Å². The molecule has 0 aromatic rings. The van der Waals surface area contributed by atoms with Crippen LogP contribution in [0.25, 0.3) is 0 Å². The van der Waals surface area contributed by atoms with E-state index >= 15 is 0 Å². The first-order chi connectivity index (χ1) is 4.70. The topological polar surface area (TPSA) is 40.5 Å². The van der Waals surface area contributed by atoms with Crippen molar-refractivity contribution in [3.8, 4) is 0 Å². The molecule has 2 aliphatic rings. The quantitative estimate of drug-likeness (QED) is 0.475. The smallest absolute Gasteiger partial charge is 0.0803 e. The fraction of sp³-hybridized carbons (Fsp3) is 0.750. The molecule has 10 heavy (non-hydrogen) atoms. The molecule has 2 saturated carbocycles. The highest BCUT2D eigenvalue weighted by Gasteiger charge is 2.49. The molecule has 4 atom stereocenters. The average molecular weight is 140 g/mol. The van der Waals surface area contributed by atoms with E-state index in [4.69, 9.17) is 0 Å². The molecular weight excluding hydrogens is 128 g/mol. The summed E-state index contributed by atoms with van der Waals surface area (Å²) >= 11 is 0. The lowest BCUT2D eigenvalue weighted by Gasteiger charge is -2.23. The molecule has 0 aliphatic heterocycles. The van der Waals surface area contributed by atoms with Crippen molar-refractivity contribution in [2.45, 2.75) is 25.0 Å². The highest BCUT2D eigenvalue weighted by atomic mass is 16.3. The van der Waals surface area contributed by atoms with Gasteiger partial charge in [0.05, 0.1) is 12.2 Å². The SMILES string of the molecule is C=C1[C@H](O)CC2C[C@@H]2[C@H]1O. The van der Waals surface area contributed by atoms with E-state index in [0.717, 1.165) is 12.8 Å². The Hall–Kier alpha value is -0.340. The molecular formula is C8H12O2. The van der Waals surface area contributed by atoms with Crippen LogP contribution in [0.15, 0.2) is 12.2 Å². The molecule has 2 nitrogen and oxygen atoms in total. The minimum atomic E-state index is -0.446. The Labute approximate surface area is 60.2 Å². The maximum Gasteiger partial charge on any atom is 0.0803 e. The van der Waals surface area contributed by atoms with E-state index in [1.165, 1.54) is 0 Å². The summed E-state index contributed by atoms with van der Waals surface area (Å²) in [5, 5.41) is 18.7. The number of hydrogen-bond acceptors (Lipinski definition) is 2. The minimum absolute atomic E-state index is 0.422. The molecule has 0 bridgehead atoms. The van der Waals surface area contributed by atoms with Gasteiger partial charge in [-0.05, 0) is 30.3 Å². The molecule has 0 radical (unpaired) electrons. The van der Waals surface area contributed by atoms with Gasteiger partial charge in [-0.1, -0.05) is 6.58 Å². The number of rotatable bonds is 0. The van der Waals surface area contributed by atoms with Gasteiger partial charge in [0.2, 0.25) is 0 Å². The minimum Gasteiger partial charge on any atom is -0.389 e. The lowest BCUT2D eigenvalue weighted by molar-refractivity contribution is 0.0933. The van der Waals surface area contributed by atoms with Crippen LogP contribution < -0.4 is 0 Å². The largest absolute Gasteiger partial charge is 0.389 e. The lowest BCUT2D eigenvalue weighted by atomic mass is 9.91. The zero-order chi connectivity index (χ0) is 7.30. The molecule has 56 valence electrons. The van der Waals surface area contributed by atoms with Crippen LogP contribution in [0.4, 0.5) is 0 Å². The van der Waals surface area contributed by atoms with Crippen molar-refractivity contribution in [2.24, 2.45) is 11.8 Å². The normalized spacial score (nSPS) is 52.4. The zero-order valence-corrected chi connectivity index (χ0v) is 5.83. The van der Waals surface area contributed by atoms with Gasteiger partial charge in [0.25, 0.3) is 0 Å². The average Bonchev–Trinajstić information content (AvgIpc) is 2.62. The third-order valence-corrected chi connectivity index (χ3v) is 2.72.